The second-order valence-electron chi connectivity index (χ2n) is 12.4. The zero-order valence-electron chi connectivity index (χ0n) is 28.9. The van der Waals surface area contributed by atoms with Crippen LogP contribution in [0.1, 0.15) is 34.1 Å². The van der Waals surface area contributed by atoms with Crippen LogP contribution in [0.4, 0.5) is 0 Å². The molecule has 1 amide bonds. The number of carbonyl (C=O) groups excluding carboxylic acids is 1. The van der Waals surface area contributed by atoms with E-state index in [1.54, 1.807) is 26.3 Å². The molecule has 1 unspecified atom stereocenters. The Bertz CT molecular complexity index is 2420. The summed E-state index contributed by atoms with van der Waals surface area (Å²) in [6, 6.07) is 44.5. The van der Waals surface area contributed by atoms with Crippen LogP contribution in [0, 0.1) is 0 Å². The third-order valence-corrected chi connectivity index (χ3v) is 9.32. The molecule has 3 heterocycles. The Morgan fingerprint density at radius 2 is 1.33 bits per heavy atom. The molecule has 0 radical (unpaired) electrons. The summed E-state index contributed by atoms with van der Waals surface area (Å²) >= 11 is 0. The van der Waals surface area contributed by atoms with Gasteiger partial charge < -0.3 is 14.2 Å². The third-order valence-electron chi connectivity index (χ3n) is 9.32. The van der Waals surface area contributed by atoms with Gasteiger partial charge in [-0.25, -0.2) is 14.7 Å². The minimum atomic E-state index is -0.503. The van der Waals surface area contributed by atoms with Crippen molar-refractivity contribution < 1.29 is 19.0 Å². The maximum atomic E-state index is 15.2. The van der Waals surface area contributed by atoms with Crippen LogP contribution < -0.4 is 14.2 Å². The number of hydrogen-bond donors (Lipinski definition) is 0. The molecule has 2 aromatic heterocycles. The number of hydrogen-bond acceptors (Lipinski definition) is 7. The van der Waals surface area contributed by atoms with Crippen molar-refractivity contribution in [2.45, 2.75) is 12.5 Å². The zero-order valence-corrected chi connectivity index (χ0v) is 28.9. The van der Waals surface area contributed by atoms with Gasteiger partial charge in [-0.2, -0.15) is 10.2 Å². The SMILES string of the molecule is COc1ccc(-c2cc(C(=O)N3N=C(c4ccc(OC)c(OC)c4)CC3c3cc(-c4ccccc4)nn3-c3ccccc3)c3ccccc3n2)cc1. The maximum absolute atomic E-state index is 15.2. The Morgan fingerprint density at radius 1 is 0.654 bits per heavy atom. The van der Waals surface area contributed by atoms with Crippen LogP contribution in [0.3, 0.4) is 0 Å². The van der Waals surface area contributed by atoms with Crippen molar-refractivity contribution in [2.24, 2.45) is 5.10 Å². The van der Waals surface area contributed by atoms with Gasteiger partial charge in [0.1, 0.15) is 11.8 Å². The van der Waals surface area contributed by atoms with Gasteiger partial charge in [0.15, 0.2) is 11.5 Å². The molecule has 0 N–H and O–H groups in total. The van der Waals surface area contributed by atoms with Gasteiger partial charge in [-0.3, -0.25) is 4.79 Å². The smallest absolute Gasteiger partial charge is 0.275 e. The molecule has 9 nitrogen and oxygen atoms in total. The summed E-state index contributed by atoms with van der Waals surface area (Å²) in [5, 5.41) is 12.5. The van der Waals surface area contributed by atoms with Crippen LogP contribution in [0.2, 0.25) is 0 Å². The molecule has 0 saturated heterocycles. The van der Waals surface area contributed by atoms with E-state index >= 15 is 4.79 Å². The first kappa shape index (κ1) is 32.5. The topological polar surface area (TPSA) is 91.1 Å². The van der Waals surface area contributed by atoms with Crippen LogP contribution >= 0.6 is 0 Å². The molecule has 1 atom stereocenters. The molecular weight excluding hydrogens is 651 g/mol. The van der Waals surface area contributed by atoms with Gasteiger partial charge in [-0.1, -0.05) is 66.7 Å². The third kappa shape index (κ3) is 6.02. The summed E-state index contributed by atoms with van der Waals surface area (Å²) in [6.07, 6.45) is 0.433. The highest BCUT2D eigenvalue weighted by Gasteiger charge is 2.37. The molecule has 0 spiro atoms. The maximum Gasteiger partial charge on any atom is 0.275 e. The Kier molecular flexibility index (Phi) is 8.66. The Labute approximate surface area is 301 Å². The molecule has 8 rings (SSSR count). The Hall–Kier alpha value is -6.74. The molecule has 0 aliphatic carbocycles. The zero-order chi connectivity index (χ0) is 35.6. The number of amides is 1. The molecule has 0 fully saturated rings. The number of ether oxygens (including phenoxy) is 3. The van der Waals surface area contributed by atoms with E-state index in [4.69, 9.17) is 29.4 Å². The fourth-order valence-electron chi connectivity index (χ4n) is 6.66. The second-order valence-corrected chi connectivity index (χ2v) is 12.4. The van der Waals surface area contributed by atoms with Gasteiger partial charge in [0.05, 0.1) is 60.9 Å². The van der Waals surface area contributed by atoms with Crippen molar-refractivity contribution in [3.8, 4) is 45.5 Å². The summed E-state index contributed by atoms with van der Waals surface area (Å²) in [4.78, 5) is 20.1. The number of hydrazone groups is 1. The molecule has 1 aliphatic heterocycles. The van der Waals surface area contributed by atoms with E-state index in [2.05, 4.69) is 6.07 Å². The van der Waals surface area contributed by atoms with E-state index in [0.717, 1.165) is 50.6 Å². The first-order chi connectivity index (χ1) is 25.5. The van der Waals surface area contributed by atoms with Crippen molar-refractivity contribution in [1.82, 2.24) is 19.8 Å². The first-order valence-corrected chi connectivity index (χ1v) is 16.9. The van der Waals surface area contributed by atoms with Gasteiger partial charge in [-0.05, 0) is 72.8 Å². The number of fused-ring (bicyclic) bond motifs is 1. The lowest BCUT2D eigenvalue weighted by molar-refractivity contribution is 0.0708. The van der Waals surface area contributed by atoms with Gasteiger partial charge in [-0.15, -0.1) is 0 Å². The lowest BCUT2D eigenvalue weighted by Crippen LogP contribution is -2.29. The van der Waals surface area contributed by atoms with E-state index in [-0.39, 0.29) is 5.91 Å². The van der Waals surface area contributed by atoms with Crippen molar-refractivity contribution in [3.05, 3.63) is 156 Å². The molecule has 9 heteroatoms. The number of nitrogens with zero attached hydrogens (tertiary/aromatic N) is 5. The van der Waals surface area contributed by atoms with E-state index in [1.165, 1.54) is 0 Å². The highest BCUT2D eigenvalue weighted by Crippen LogP contribution is 2.39. The van der Waals surface area contributed by atoms with Crippen LogP contribution in [-0.2, 0) is 0 Å². The predicted molar refractivity (Wildman–Crippen MR) is 202 cm³/mol. The molecule has 52 heavy (non-hydrogen) atoms. The molecule has 7 aromatic rings. The minimum Gasteiger partial charge on any atom is -0.497 e. The molecule has 0 saturated carbocycles. The largest absolute Gasteiger partial charge is 0.497 e. The molecule has 0 bridgehead atoms. The number of methoxy groups -OCH3 is 3. The molecule has 1 aliphatic rings. The van der Waals surface area contributed by atoms with Crippen LogP contribution in [0.5, 0.6) is 17.2 Å². The van der Waals surface area contributed by atoms with Crippen molar-refractivity contribution in [1.29, 1.82) is 0 Å². The Balaban J connectivity index is 1.30. The van der Waals surface area contributed by atoms with Crippen molar-refractivity contribution >= 4 is 22.5 Å². The highest BCUT2D eigenvalue weighted by atomic mass is 16.5. The van der Waals surface area contributed by atoms with Crippen LogP contribution in [-0.4, -0.2) is 52.7 Å². The number of carbonyl (C=O) groups is 1. The highest BCUT2D eigenvalue weighted by molar-refractivity contribution is 6.10. The van der Waals surface area contributed by atoms with E-state index in [9.17, 15) is 0 Å². The number of pyridine rings is 1. The van der Waals surface area contributed by atoms with Crippen molar-refractivity contribution in [2.75, 3.05) is 21.3 Å². The molecular formula is C43H35N5O4. The summed E-state index contributed by atoms with van der Waals surface area (Å²) in [7, 11) is 4.85. The van der Waals surface area contributed by atoms with Gasteiger partial charge >= 0.3 is 0 Å². The normalized spacial score (nSPS) is 13.9. The number of para-hydroxylation sites is 2. The monoisotopic (exact) mass is 685 g/mol. The average Bonchev–Trinajstić information content (AvgIpc) is 3.86. The number of benzene rings is 5. The van der Waals surface area contributed by atoms with Gasteiger partial charge in [0.2, 0.25) is 0 Å². The van der Waals surface area contributed by atoms with Crippen molar-refractivity contribution in [3.63, 3.8) is 0 Å². The van der Waals surface area contributed by atoms with Crippen LogP contribution in [0.25, 0.3) is 39.1 Å². The quantitative estimate of drug-likeness (QED) is 0.151. The molecule has 5 aromatic carbocycles. The lowest BCUT2D eigenvalue weighted by Gasteiger charge is -2.23. The summed E-state index contributed by atoms with van der Waals surface area (Å²) in [5.41, 5.74) is 7.76. The van der Waals surface area contributed by atoms with Gasteiger partial charge in [0, 0.05) is 28.5 Å². The summed E-state index contributed by atoms with van der Waals surface area (Å²) < 4.78 is 18.5. The van der Waals surface area contributed by atoms with E-state index < -0.39 is 6.04 Å². The summed E-state index contributed by atoms with van der Waals surface area (Å²) in [5.74, 6) is 1.67. The fourth-order valence-corrected chi connectivity index (χ4v) is 6.66. The first-order valence-electron chi connectivity index (χ1n) is 16.9. The standard InChI is InChI=1S/C43H35N5O4/c1-50-32-21-18-29(19-22-32)36-25-34(33-16-10-11-17-35(33)44-36)43(49)48-40(27-38(46-48)30-20-23-41(51-2)42(24-30)52-3)39-26-37(28-12-6-4-7-13-28)45-47(39)31-14-8-5-9-15-31/h4-26,40H,27H2,1-3H3. The second kappa shape index (κ2) is 13.9. The lowest BCUT2D eigenvalue weighted by atomic mass is 9.99. The average molecular weight is 686 g/mol. The number of aromatic nitrogens is 3. The minimum absolute atomic E-state index is 0.254. The Morgan fingerprint density at radius 3 is 2.06 bits per heavy atom. The predicted octanol–water partition coefficient (Wildman–Crippen LogP) is 8.77. The fraction of sp³-hybridized carbons (Fsp3) is 0.116. The van der Waals surface area contributed by atoms with Crippen LogP contribution in [0.15, 0.2) is 145 Å². The number of rotatable bonds is 9. The summed E-state index contributed by atoms with van der Waals surface area (Å²) in [6.45, 7) is 0. The van der Waals surface area contributed by atoms with Gasteiger partial charge in [0.25, 0.3) is 5.91 Å². The molecule has 256 valence electrons. The van der Waals surface area contributed by atoms with E-state index in [0.29, 0.717) is 34.7 Å². The van der Waals surface area contributed by atoms with E-state index in [1.807, 2.05) is 138 Å².